The number of benzene rings is 2. The third kappa shape index (κ3) is 7.61. The van der Waals surface area contributed by atoms with Gasteiger partial charge in [-0.1, -0.05) is 59.7 Å². The first kappa shape index (κ1) is 28.8. The van der Waals surface area contributed by atoms with Crippen LogP contribution in [0.2, 0.25) is 10.0 Å². The number of methoxy groups -OCH3 is 2. The molecule has 1 aliphatic heterocycles. The topological polar surface area (TPSA) is 65.1 Å². The van der Waals surface area contributed by atoms with Gasteiger partial charge in [0.25, 0.3) is 5.91 Å². The van der Waals surface area contributed by atoms with E-state index in [1.54, 1.807) is 42.4 Å². The molecule has 1 saturated heterocycles. The van der Waals surface area contributed by atoms with Crippen molar-refractivity contribution in [3.63, 3.8) is 0 Å². The molecule has 0 aliphatic carbocycles. The Labute approximate surface area is 238 Å². The maximum atomic E-state index is 12.9. The highest BCUT2D eigenvalue weighted by atomic mass is 79.9. The number of thiocarbonyl (C=S) groups is 1. The molecule has 0 atom stereocenters. The second kappa shape index (κ2) is 13.7. The minimum absolute atomic E-state index is 0.134. The zero-order chi connectivity index (χ0) is 26.2. The molecule has 0 radical (unpaired) electrons. The van der Waals surface area contributed by atoms with Crippen molar-refractivity contribution in [2.45, 2.75) is 32.3 Å². The average molecular weight is 633 g/mol. The molecule has 2 aromatic rings. The SMILES string of the molecule is COC(=O)CCCCCN1C(=O)/C(=C/c2cc(Br)c(OCc3ccc(Cl)cc3Cl)c(OC)c2)SC1=S. The number of amides is 1. The summed E-state index contributed by atoms with van der Waals surface area (Å²) in [5.74, 6) is 0.656. The summed E-state index contributed by atoms with van der Waals surface area (Å²) in [5, 5.41) is 1.07. The number of nitrogens with zero attached hydrogens (tertiary/aromatic N) is 1. The highest BCUT2D eigenvalue weighted by Crippen LogP contribution is 2.40. The molecule has 0 spiro atoms. The van der Waals surface area contributed by atoms with Crippen LogP contribution in [0, 0.1) is 0 Å². The van der Waals surface area contributed by atoms with E-state index in [9.17, 15) is 9.59 Å². The highest BCUT2D eigenvalue weighted by molar-refractivity contribution is 9.10. The largest absolute Gasteiger partial charge is 0.493 e. The van der Waals surface area contributed by atoms with Gasteiger partial charge < -0.3 is 14.2 Å². The van der Waals surface area contributed by atoms with Crippen LogP contribution in [0.1, 0.15) is 36.8 Å². The fourth-order valence-corrected chi connectivity index (χ4v) is 5.76. The molecule has 1 aliphatic rings. The molecule has 0 unspecified atom stereocenters. The monoisotopic (exact) mass is 631 g/mol. The number of hydrogen-bond donors (Lipinski definition) is 0. The molecule has 6 nitrogen and oxygen atoms in total. The molecule has 0 aromatic heterocycles. The Morgan fingerprint density at radius 1 is 1.17 bits per heavy atom. The van der Waals surface area contributed by atoms with E-state index in [1.165, 1.54) is 18.9 Å². The summed E-state index contributed by atoms with van der Waals surface area (Å²) in [7, 11) is 2.92. The van der Waals surface area contributed by atoms with Crippen molar-refractivity contribution in [1.82, 2.24) is 4.90 Å². The minimum atomic E-state index is -0.227. The zero-order valence-electron chi connectivity index (χ0n) is 19.6. The van der Waals surface area contributed by atoms with Crippen LogP contribution in [0.5, 0.6) is 11.5 Å². The first-order valence-corrected chi connectivity index (χ1v) is 13.8. The summed E-state index contributed by atoms with van der Waals surface area (Å²) in [6, 6.07) is 8.86. The average Bonchev–Trinajstić information content (AvgIpc) is 3.10. The number of carbonyl (C=O) groups excluding carboxylic acids is 2. The van der Waals surface area contributed by atoms with Gasteiger partial charge in [0, 0.05) is 28.6 Å². The predicted octanol–water partition coefficient (Wildman–Crippen LogP) is 7.28. The van der Waals surface area contributed by atoms with Crippen molar-refractivity contribution in [2.75, 3.05) is 20.8 Å². The van der Waals surface area contributed by atoms with E-state index in [0.29, 0.717) is 54.6 Å². The summed E-state index contributed by atoms with van der Waals surface area (Å²) in [5.41, 5.74) is 1.54. The molecule has 11 heteroatoms. The summed E-state index contributed by atoms with van der Waals surface area (Å²) in [6.45, 7) is 0.735. The van der Waals surface area contributed by atoms with E-state index >= 15 is 0 Å². The van der Waals surface area contributed by atoms with Gasteiger partial charge in [-0.2, -0.15) is 0 Å². The van der Waals surface area contributed by atoms with Crippen molar-refractivity contribution < 1.29 is 23.8 Å². The van der Waals surface area contributed by atoms with Gasteiger partial charge in [0.05, 0.1) is 23.6 Å². The van der Waals surface area contributed by atoms with Crippen molar-refractivity contribution in [1.29, 1.82) is 0 Å². The summed E-state index contributed by atoms with van der Waals surface area (Å²) in [4.78, 5) is 26.3. The lowest BCUT2D eigenvalue weighted by molar-refractivity contribution is -0.140. The second-order valence-corrected chi connectivity index (χ2v) is 11.2. The van der Waals surface area contributed by atoms with Gasteiger partial charge in [-0.25, -0.2) is 0 Å². The van der Waals surface area contributed by atoms with Crippen LogP contribution in [-0.4, -0.2) is 41.9 Å². The van der Waals surface area contributed by atoms with Gasteiger partial charge in [0.2, 0.25) is 0 Å². The third-order valence-electron chi connectivity index (χ3n) is 5.30. The number of rotatable bonds is 11. The normalized spacial score (nSPS) is 14.5. The molecule has 0 bridgehead atoms. The first-order valence-electron chi connectivity index (χ1n) is 11.0. The van der Waals surface area contributed by atoms with E-state index in [4.69, 9.17) is 44.9 Å². The Balaban J connectivity index is 1.67. The van der Waals surface area contributed by atoms with Gasteiger partial charge in [-0.05, 0) is 64.7 Å². The predicted molar refractivity (Wildman–Crippen MR) is 152 cm³/mol. The van der Waals surface area contributed by atoms with Gasteiger partial charge in [-0.3, -0.25) is 14.5 Å². The summed E-state index contributed by atoms with van der Waals surface area (Å²) in [6.07, 6.45) is 4.42. The van der Waals surface area contributed by atoms with Crippen molar-refractivity contribution in [2.24, 2.45) is 0 Å². The number of carbonyl (C=O) groups is 2. The van der Waals surface area contributed by atoms with Crippen molar-refractivity contribution >= 4 is 85.4 Å². The molecule has 1 amide bonds. The van der Waals surface area contributed by atoms with Crippen LogP contribution >= 0.6 is 63.1 Å². The Morgan fingerprint density at radius 3 is 2.64 bits per heavy atom. The molecule has 2 aromatic carbocycles. The molecule has 36 heavy (non-hydrogen) atoms. The lowest BCUT2D eigenvalue weighted by Crippen LogP contribution is -2.29. The molecule has 3 rings (SSSR count). The van der Waals surface area contributed by atoms with E-state index in [0.717, 1.165) is 24.0 Å². The standard InChI is InChI=1S/C25H24BrCl2NO5S2/c1-32-20-11-15(10-18(26)23(20)34-14-16-7-8-17(27)13-19(16)28)12-21-24(31)29(25(35)36-21)9-5-3-4-6-22(30)33-2/h7-8,10-13H,3-6,9,14H2,1-2H3/b21-12-. The summed E-state index contributed by atoms with van der Waals surface area (Å²) < 4.78 is 17.4. The van der Waals surface area contributed by atoms with E-state index in [1.807, 2.05) is 6.07 Å². The molecule has 0 saturated carbocycles. The van der Waals surface area contributed by atoms with Crippen LogP contribution in [0.4, 0.5) is 0 Å². The molecule has 192 valence electrons. The number of hydrogen-bond acceptors (Lipinski definition) is 7. The quantitative estimate of drug-likeness (QED) is 0.112. The number of unbranched alkanes of at least 4 members (excludes halogenated alkanes) is 2. The van der Waals surface area contributed by atoms with Gasteiger partial charge in [0.15, 0.2) is 11.5 Å². The maximum absolute atomic E-state index is 12.9. The van der Waals surface area contributed by atoms with E-state index < -0.39 is 0 Å². The molecule has 1 fully saturated rings. The zero-order valence-corrected chi connectivity index (χ0v) is 24.4. The fraction of sp³-hybridized carbons (Fsp3) is 0.320. The summed E-state index contributed by atoms with van der Waals surface area (Å²) >= 11 is 22.4. The van der Waals surface area contributed by atoms with E-state index in [2.05, 4.69) is 20.7 Å². The minimum Gasteiger partial charge on any atom is -0.493 e. The first-order chi connectivity index (χ1) is 17.2. The van der Waals surface area contributed by atoms with Crippen LogP contribution in [0.15, 0.2) is 39.7 Å². The number of esters is 1. The Bertz CT molecular complexity index is 1190. The van der Waals surface area contributed by atoms with E-state index in [-0.39, 0.29) is 18.5 Å². The number of thioether (sulfide) groups is 1. The van der Waals surface area contributed by atoms with Crippen LogP contribution in [0.25, 0.3) is 6.08 Å². The van der Waals surface area contributed by atoms with Crippen molar-refractivity contribution in [3.8, 4) is 11.5 Å². The Hall–Kier alpha value is -1.78. The molecule has 0 N–H and O–H groups in total. The maximum Gasteiger partial charge on any atom is 0.305 e. The molecular formula is C25H24BrCl2NO5S2. The van der Waals surface area contributed by atoms with Gasteiger partial charge >= 0.3 is 5.97 Å². The van der Waals surface area contributed by atoms with Gasteiger partial charge in [0.1, 0.15) is 10.9 Å². The Kier molecular flexibility index (Phi) is 10.9. The number of ether oxygens (including phenoxy) is 3. The van der Waals surface area contributed by atoms with Crippen LogP contribution in [-0.2, 0) is 20.9 Å². The van der Waals surface area contributed by atoms with Crippen LogP contribution < -0.4 is 9.47 Å². The fourth-order valence-electron chi connectivity index (χ4n) is 3.41. The number of halogens is 3. The van der Waals surface area contributed by atoms with Crippen LogP contribution in [0.3, 0.4) is 0 Å². The second-order valence-electron chi connectivity index (χ2n) is 7.78. The lowest BCUT2D eigenvalue weighted by Gasteiger charge is -2.15. The smallest absolute Gasteiger partial charge is 0.305 e. The lowest BCUT2D eigenvalue weighted by atomic mass is 10.1. The highest BCUT2D eigenvalue weighted by Gasteiger charge is 2.31. The molecule has 1 heterocycles. The Morgan fingerprint density at radius 2 is 1.94 bits per heavy atom. The third-order valence-corrected chi connectivity index (χ3v) is 7.85. The van der Waals surface area contributed by atoms with Gasteiger partial charge in [-0.15, -0.1) is 0 Å². The van der Waals surface area contributed by atoms with Crippen molar-refractivity contribution in [3.05, 3.63) is 60.9 Å². The molecular weight excluding hydrogens is 609 g/mol.